The Bertz CT molecular complexity index is 986. The number of amides is 2. The number of aromatic nitrogens is 2. The number of halogens is 1. The number of benzene rings is 2. The van der Waals surface area contributed by atoms with Crippen molar-refractivity contribution in [2.24, 2.45) is 0 Å². The van der Waals surface area contributed by atoms with Crippen molar-refractivity contribution in [2.45, 2.75) is 16.3 Å². The molecule has 3 aromatic rings. The molecule has 0 aliphatic carbocycles. The van der Waals surface area contributed by atoms with E-state index in [1.807, 2.05) is 0 Å². The molecule has 0 spiro atoms. The summed E-state index contributed by atoms with van der Waals surface area (Å²) in [6.07, 6.45) is 3.30. The topological polar surface area (TPSA) is 104 Å². The molecule has 0 saturated heterocycles. The van der Waals surface area contributed by atoms with Crippen molar-refractivity contribution in [1.82, 2.24) is 15.5 Å². The molecule has 3 N–H and O–H groups in total. The van der Waals surface area contributed by atoms with Crippen LogP contribution in [-0.2, 0) is 16.4 Å². The van der Waals surface area contributed by atoms with Crippen molar-refractivity contribution < 1.29 is 13.2 Å². The maximum atomic E-state index is 12.6. The number of nitrogens with one attached hydrogen (secondary N) is 3. The maximum Gasteiger partial charge on any atom is 0.319 e. The monoisotopic (exact) mass is 482 g/mol. The summed E-state index contributed by atoms with van der Waals surface area (Å²) in [5.41, 5.74) is 1.34. The summed E-state index contributed by atoms with van der Waals surface area (Å²) < 4.78 is 26.2. The minimum Gasteiger partial charge on any atom is -0.334 e. The van der Waals surface area contributed by atoms with Gasteiger partial charge in [-0.25, -0.2) is 13.2 Å². The van der Waals surface area contributed by atoms with E-state index in [9.17, 15) is 13.2 Å². The van der Waals surface area contributed by atoms with Crippen molar-refractivity contribution >= 4 is 44.1 Å². The van der Waals surface area contributed by atoms with E-state index in [1.54, 1.807) is 48.8 Å². The van der Waals surface area contributed by atoms with E-state index in [-0.39, 0.29) is 15.8 Å². The number of hydrogen-bond donors (Lipinski definition) is 3. The van der Waals surface area contributed by atoms with E-state index < -0.39 is 9.84 Å². The second-order valence-corrected chi connectivity index (χ2v) is 8.59. The van der Waals surface area contributed by atoms with Gasteiger partial charge in [0.05, 0.1) is 16.0 Å². The van der Waals surface area contributed by atoms with Crippen LogP contribution in [-0.4, -0.2) is 24.6 Å². The fraction of sp³-hybridized carbons (Fsp3) is 0.0588. The molecule has 0 atom stereocenters. The van der Waals surface area contributed by atoms with Gasteiger partial charge in [-0.1, -0.05) is 0 Å². The Kier molecular flexibility index (Phi) is 5.57. The molecule has 0 saturated carbocycles. The van der Waals surface area contributed by atoms with Crippen molar-refractivity contribution in [2.75, 3.05) is 5.32 Å². The second-order valence-electron chi connectivity index (χ2n) is 5.40. The molecule has 134 valence electrons. The first kappa shape index (κ1) is 18.4. The van der Waals surface area contributed by atoms with Gasteiger partial charge in [0.1, 0.15) is 0 Å². The van der Waals surface area contributed by atoms with Gasteiger partial charge in [-0.15, -0.1) is 0 Å². The van der Waals surface area contributed by atoms with Crippen LogP contribution in [0.1, 0.15) is 5.56 Å². The van der Waals surface area contributed by atoms with E-state index in [0.717, 1.165) is 9.13 Å². The third kappa shape index (κ3) is 4.41. The molecule has 0 fully saturated rings. The van der Waals surface area contributed by atoms with Crippen molar-refractivity contribution in [1.29, 1.82) is 0 Å². The molecule has 7 nitrogen and oxygen atoms in total. The van der Waals surface area contributed by atoms with Gasteiger partial charge in [-0.05, 0) is 71.1 Å². The number of urea groups is 1. The Balaban J connectivity index is 1.66. The number of rotatable bonds is 5. The number of hydrogen-bond acceptors (Lipinski definition) is 4. The highest BCUT2D eigenvalue weighted by atomic mass is 127. The quantitative estimate of drug-likeness (QED) is 0.486. The molecule has 1 heterocycles. The molecule has 1 aromatic heterocycles. The lowest BCUT2D eigenvalue weighted by Gasteiger charge is -2.08. The molecule has 9 heteroatoms. The van der Waals surface area contributed by atoms with Crippen LogP contribution in [0.4, 0.5) is 10.5 Å². The van der Waals surface area contributed by atoms with E-state index >= 15 is 0 Å². The van der Waals surface area contributed by atoms with Gasteiger partial charge in [0.15, 0.2) is 0 Å². The molecular formula is C17H15IN4O3S. The standard InChI is InChI=1S/C17H15IN4O3S/c18-13-1-5-15(6-2-13)26(24,25)16-7-3-14(4-8-16)22-17(23)19-9-12-10-20-21-11-12/h1-8,10-11H,9H2,(H,20,21)(H2,19,22,23). The smallest absolute Gasteiger partial charge is 0.319 e. The fourth-order valence-corrected chi connectivity index (χ4v) is 3.82. The SMILES string of the molecule is O=C(NCc1cn[nH]c1)Nc1ccc(S(=O)(=O)c2ccc(I)cc2)cc1. The van der Waals surface area contributed by atoms with Gasteiger partial charge in [0.25, 0.3) is 0 Å². The van der Waals surface area contributed by atoms with Crippen molar-refractivity contribution in [3.8, 4) is 0 Å². The molecule has 0 bridgehead atoms. The van der Waals surface area contributed by atoms with Crippen LogP contribution in [0.25, 0.3) is 0 Å². The molecule has 2 amide bonds. The van der Waals surface area contributed by atoms with Crippen LogP contribution in [0, 0.1) is 3.57 Å². The number of H-pyrrole nitrogens is 1. The molecular weight excluding hydrogens is 467 g/mol. The largest absolute Gasteiger partial charge is 0.334 e. The van der Waals surface area contributed by atoms with Gasteiger partial charge in [0, 0.05) is 27.6 Å². The summed E-state index contributed by atoms with van der Waals surface area (Å²) >= 11 is 2.12. The lowest BCUT2D eigenvalue weighted by Crippen LogP contribution is -2.28. The summed E-state index contributed by atoms with van der Waals surface area (Å²) in [6, 6.07) is 12.3. The van der Waals surface area contributed by atoms with Crippen molar-refractivity contribution in [3.63, 3.8) is 0 Å². The van der Waals surface area contributed by atoms with Crippen LogP contribution in [0.15, 0.2) is 70.7 Å². The molecule has 0 unspecified atom stereocenters. The molecule has 0 aliphatic heterocycles. The summed E-state index contributed by atoms with van der Waals surface area (Å²) in [5.74, 6) is 0. The molecule has 2 aromatic carbocycles. The average Bonchev–Trinajstić information content (AvgIpc) is 3.14. The predicted molar refractivity (Wildman–Crippen MR) is 105 cm³/mol. The first-order valence-electron chi connectivity index (χ1n) is 7.58. The van der Waals surface area contributed by atoms with E-state index in [0.29, 0.717) is 12.2 Å². The first-order valence-corrected chi connectivity index (χ1v) is 10.1. The van der Waals surface area contributed by atoms with Crippen LogP contribution >= 0.6 is 22.6 Å². The van der Waals surface area contributed by atoms with Crippen molar-refractivity contribution in [3.05, 3.63) is 70.1 Å². The van der Waals surface area contributed by atoms with E-state index in [2.05, 4.69) is 43.4 Å². The van der Waals surface area contributed by atoms with Crippen LogP contribution in [0.5, 0.6) is 0 Å². The minimum atomic E-state index is -3.58. The molecule has 0 radical (unpaired) electrons. The molecule has 3 rings (SSSR count). The Morgan fingerprint density at radius 2 is 1.65 bits per heavy atom. The zero-order valence-corrected chi connectivity index (χ0v) is 16.4. The molecule has 0 aliphatic rings. The summed E-state index contributed by atoms with van der Waals surface area (Å²) in [5, 5.41) is 11.8. The third-order valence-corrected chi connectivity index (χ3v) is 6.06. The second kappa shape index (κ2) is 7.87. The van der Waals surface area contributed by atoms with Gasteiger partial charge >= 0.3 is 6.03 Å². The Morgan fingerprint density at radius 1 is 1.04 bits per heavy atom. The highest BCUT2D eigenvalue weighted by Gasteiger charge is 2.17. The zero-order chi connectivity index (χ0) is 18.6. The van der Waals surface area contributed by atoms with Crippen LogP contribution < -0.4 is 10.6 Å². The number of carbonyl (C=O) groups is 1. The Hall–Kier alpha value is -2.40. The highest BCUT2D eigenvalue weighted by Crippen LogP contribution is 2.23. The van der Waals surface area contributed by atoms with E-state index in [1.165, 1.54) is 12.1 Å². The zero-order valence-electron chi connectivity index (χ0n) is 13.4. The number of carbonyl (C=O) groups excluding carboxylic acids is 1. The highest BCUT2D eigenvalue weighted by molar-refractivity contribution is 14.1. The molecule has 26 heavy (non-hydrogen) atoms. The summed E-state index contributed by atoms with van der Waals surface area (Å²) in [7, 11) is -3.58. The third-order valence-electron chi connectivity index (χ3n) is 3.55. The number of anilines is 1. The van der Waals surface area contributed by atoms with Gasteiger partial charge < -0.3 is 10.6 Å². The lowest BCUT2D eigenvalue weighted by molar-refractivity contribution is 0.251. The maximum absolute atomic E-state index is 12.6. The first-order chi connectivity index (χ1) is 12.4. The Morgan fingerprint density at radius 3 is 2.23 bits per heavy atom. The van der Waals surface area contributed by atoms with Crippen LogP contribution in [0.2, 0.25) is 0 Å². The lowest BCUT2D eigenvalue weighted by atomic mass is 10.3. The Labute approximate surface area is 164 Å². The summed E-state index contributed by atoms with van der Waals surface area (Å²) in [6.45, 7) is 0.335. The minimum absolute atomic E-state index is 0.170. The van der Waals surface area contributed by atoms with E-state index in [4.69, 9.17) is 0 Å². The predicted octanol–water partition coefficient (Wildman–Crippen LogP) is 3.17. The number of nitrogens with zero attached hydrogens (tertiary/aromatic N) is 1. The fourth-order valence-electron chi connectivity index (χ4n) is 2.20. The summed E-state index contributed by atoms with van der Waals surface area (Å²) in [4.78, 5) is 12.3. The van der Waals surface area contributed by atoms with Crippen LogP contribution in [0.3, 0.4) is 0 Å². The number of aromatic amines is 1. The number of sulfone groups is 1. The van der Waals surface area contributed by atoms with Gasteiger partial charge in [-0.3, -0.25) is 5.10 Å². The normalized spacial score (nSPS) is 11.1. The van der Waals surface area contributed by atoms with Gasteiger partial charge in [0.2, 0.25) is 9.84 Å². The average molecular weight is 482 g/mol. The van der Waals surface area contributed by atoms with Gasteiger partial charge in [-0.2, -0.15) is 5.10 Å².